The van der Waals surface area contributed by atoms with E-state index in [0.29, 0.717) is 12.5 Å². The normalized spacial score (nSPS) is 12.6. The molecule has 3 nitrogen and oxygen atoms in total. The summed E-state index contributed by atoms with van der Waals surface area (Å²) in [6, 6.07) is 4.79. The van der Waals surface area contributed by atoms with Crippen molar-refractivity contribution in [3.63, 3.8) is 0 Å². The van der Waals surface area contributed by atoms with Gasteiger partial charge in [-0.25, -0.2) is 0 Å². The number of aliphatic hydroxyl groups excluding tert-OH is 1. The van der Waals surface area contributed by atoms with Crippen LogP contribution in [0.15, 0.2) is 12.1 Å². The van der Waals surface area contributed by atoms with E-state index < -0.39 is 0 Å². The summed E-state index contributed by atoms with van der Waals surface area (Å²) in [5, 5.41) is 8.72. The Morgan fingerprint density at radius 1 is 1.35 bits per heavy atom. The van der Waals surface area contributed by atoms with E-state index >= 15 is 0 Å². The highest BCUT2D eigenvalue weighted by Gasteiger charge is 2.14. The van der Waals surface area contributed by atoms with Gasteiger partial charge in [-0.05, 0) is 39.7 Å². The summed E-state index contributed by atoms with van der Waals surface area (Å²) in [4.78, 5) is 7.15. The zero-order valence-corrected chi connectivity index (χ0v) is 13.8. The van der Waals surface area contributed by atoms with Gasteiger partial charge in [0.2, 0.25) is 0 Å². The first-order chi connectivity index (χ1) is 9.56. The smallest absolute Gasteiger partial charge is 0.0771 e. The fourth-order valence-electron chi connectivity index (χ4n) is 2.16. The molecule has 1 heterocycles. The highest BCUT2D eigenvalue weighted by atomic mass is 32.1. The van der Waals surface area contributed by atoms with Crippen molar-refractivity contribution in [1.29, 1.82) is 0 Å². The number of rotatable bonds is 7. The summed E-state index contributed by atoms with van der Waals surface area (Å²) in [7, 11) is 4.23. The van der Waals surface area contributed by atoms with Gasteiger partial charge in [-0.15, -0.1) is 11.3 Å². The van der Waals surface area contributed by atoms with Crippen LogP contribution in [0.5, 0.6) is 0 Å². The van der Waals surface area contributed by atoms with Crippen LogP contribution in [0.4, 0.5) is 0 Å². The van der Waals surface area contributed by atoms with Gasteiger partial charge in [0.15, 0.2) is 0 Å². The molecule has 0 aliphatic rings. The fourth-order valence-corrected chi connectivity index (χ4v) is 3.07. The van der Waals surface area contributed by atoms with Crippen LogP contribution >= 0.6 is 11.3 Å². The molecule has 0 radical (unpaired) electrons. The van der Waals surface area contributed by atoms with Gasteiger partial charge in [0, 0.05) is 30.4 Å². The van der Waals surface area contributed by atoms with Crippen molar-refractivity contribution >= 4 is 11.3 Å². The zero-order valence-electron chi connectivity index (χ0n) is 13.0. The molecule has 4 heteroatoms. The summed E-state index contributed by atoms with van der Waals surface area (Å²) in [5.41, 5.74) is 0. The summed E-state index contributed by atoms with van der Waals surface area (Å²) in [6.07, 6.45) is 0.550. The lowest BCUT2D eigenvalue weighted by Crippen LogP contribution is -2.39. The van der Waals surface area contributed by atoms with Gasteiger partial charge < -0.3 is 10.0 Å². The summed E-state index contributed by atoms with van der Waals surface area (Å²) in [5.74, 6) is 6.07. The van der Waals surface area contributed by atoms with Crippen LogP contribution in [0.2, 0.25) is 0 Å². The highest BCUT2D eigenvalue weighted by molar-refractivity contribution is 7.12. The SMILES string of the molecule is CCN(Cc1ccc(C#CCCO)s1)C(C)CN(C)C. The van der Waals surface area contributed by atoms with Crippen molar-refractivity contribution in [2.24, 2.45) is 0 Å². The quantitative estimate of drug-likeness (QED) is 0.782. The van der Waals surface area contributed by atoms with Crippen molar-refractivity contribution in [2.75, 3.05) is 33.8 Å². The van der Waals surface area contributed by atoms with Crippen molar-refractivity contribution in [3.8, 4) is 11.8 Å². The van der Waals surface area contributed by atoms with Crippen LogP contribution in [0.1, 0.15) is 30.0 Å². The number of hydrogen-bond donors (Lipinski definition) is 1. The Kier molecular flexibility index (Phi) is 7.86. The van der Waals surface area contributed by atoms with E-state index in [9.17, 15) is 0 Å². The van der Waals surface area contributed by atoms with Gasteiger partial charge in [-0.3, -0.25) is 4.90 Å². The van der Waals surface area contributed by atoms with E-state index in [2.05, 4.69) is 61.7 Å². The minimum Gasteiger partial charge on any atom is -0.395 e. The molecule has 0 aromatic carbocycles. The average molecular weight is 294 g/mol. The molecule has 0 fully saturated rings. The van der Waals surface area contributed by atoms with Crippen molar-refractivity contribution in [2.45, 2.75) is 32.9 Å². The summed E-state index contributed by atoms with van der Waals surface area (Å²) < 4.78 is 0. The molecule has 0 spiro atoms. The van der Waals surface area contributed by atoms with E-state index in [0.717, 1.165) is 24.5 Å². The first kappa shape index (κ1) is 17.2. The average Bonchev–Trinajstić information content (AvgIpc) is 2.83. The summed E-state index contributed by atoms with van der Waals surface area (Å²) in [6.45, 7) is 7.73. The van der Waals surface area contributed by atoms with E-state index in [1.54, 1.807) is 11.3 Å². The number of nitrogens with zero attached hydrogens (tertiary/aromatic N) is 2. The molecule has 1 unspecified atom stereocenters. The zero-order chi connectivity index (χ0) is 15.0. The number of hydrogen-bond acceptors (Lipinski definition) is 4. The first-order valence-electron chi connectivity index (χ1n) is 7.14. The maximum Gasteiger partial charge on any atom is 0.0771 e. The molecule has 1 rings (SSSR count). The molecule has 1 atom stereocenters. The molecule has 1 N–H and O–H groups in total. The van der Waals surface area contributed by atoms with Crippen LogP contribution in [0.25, 0.3) is 0 Å². The topological polar surface area (TPSA) is 26.7 Å². The van der Waals surface area contributed by atoms with E-state index in [-0.39, 0.29) is 6.61 Å². The third-order valence-electron chi connectivity index (χ3n) is 3.13. The first-order valence-corrected chi connectivity index (χ1v) is 7.95. The number of likely N-dealkylation sites (N-methyl/N-ethyl adjacent to an activating group) is 2. The highest BCUT2D eigenvalue weighted by Crippen LogP contribution is 2.18. The lowest BCUT2D eigenvalue weighted by molar-refractivity contribution is 0.175. The van der Waals surface area contributed by atoms with Gasteiger partial charge >= 0.3 is 0 Å². The van der Waals surface area contributed by atoms with Crippen molar-refractivity contribution in [3.05, 3.63) is 21.9 Å². The maximum absolute atomic E-state index is 8.72. The van der Waals surface area contributed by atoms with Crippen LogP contribution < -0.4 is 0 Å². The van der Waals surface area contributed by atoms with E-state index in [1.165, 1.54) is 4.88 Å². The van der Waals surface area contributed by atoms with Crippen LogP contribution in [0, 0.1) is 11.8 Å². The Hall–Kier alpha value is -0.860. The van der Waals surface area contributed by atoms with Crippen LogP contribution in [-0.2, 0) is 6.54 Å². The van der Waals surface area contributed by atoms with Gasteiger partial charge in [-0.1, -0.05) is 18.8 Å². The Labute approximate surface area is 127 Å². The predicted molar refractivity (Wildman–Crippen MR) is 87.0 cm³/mol. The molecular weight excluding hydrogens is 268 g/mol. The van der Waals surface area contributed by atoms with Gasteiger partial charge in [0.05, 0.1) is 11.5 Å². The molecule has 0 aliphatic carbocycles. The lowest BCUT2D eigenvalue weighted by atomic mass is 10.2. The Morgan fingerprint density at radius 3 is 2.70 bits per heavy atom. The predicted octanol–water partition coefficient (Wildman–Crippen LogP) is 2.25. The molecule has 1 aromatic rings. The second kappa shape index (κ2) is 9.15. The molecule has 0 saturated heterocycles. The molecule has 0 aliphatic heterocycles. The molecule has 0 amide bonds. The Morgan fingerprint density at radius 2 is 2.10 bits per heavy atom. The maximum atomic E-state index is 8.72. The fraction of sp³-hybridized carbons (Fsp3) is 0.625. The molecular formula is C16H26N2OS. The Balaban J connectivity index is 2.60. The minimum absolute atomic E-state index is 0.136. The molecule has 1 aromatic heterocycles. The molecule has 0 saturated carbocycles. The second-order valence-corrected chi connectivity index (χ2v) is 6.38. The molecule has 0 bridgehead atoms. The lowest BCUT2D eigenvalue weighted by Gasteiger charge is -2.29. The number of thiophene rings is 1. The van der Waals surface area contributed by atoms with Crippen molar-refractivity contribution < 1.29 is 5.11 Å². The third kappa shape index (κ3) is 6.06. The van der Waals surface area contributed by atoms with Gasteiger partial charge in [0.1, 0.15) is 0 Å². The minimum atomic E-state index is 0.136. The summed E-state index contributed by atoms with van der Waals surface area (Å²) >= 11 is 1.75. The third-order valence-corrected chi connectivity index (χ3v) is 4.11. The van der Waals surface area contributed by atoms with Crippen LogP contribution in [0.3, 0.4) is 0 Å². The van der Waals surface area contributed by atoms with Crippen molar-refractivity contribution in [1.82, 2.24) is 9.80 Å². The standard InChI is InChI=1S/C16H26N2OS/c1-5-18(14(2)12-17(3)4)13-16-10-9-15(20-16)8-6-7-11-19/h9-10,14,19H,5,7,11-13H2,1-4H3. The number of aliphatic hydroxyl groups is 1. The van der Waals surface area contributed by atoms with Gasteiger partial charge in [-0.2, -0.15) is 0 Å². The van der Waals surface area contributed by atoms with Gasteiger partial charge in [0.25, 0.3) is 0 Å². The van der Waals surface area contributed by atoms with Crippen LogP contribution in [-0.4, -0.2) is 54.7 Å². The van der Waals surface area contributed by atoms with E-state index in [1.807, 2.05) is 0 Å². The monoisotopic (exact) mass is 294 g/mol. The molecule has 20 heavy (non-hydrogen) atoms. The van der Waals surface area contributed by atoms with E-state index in [4.69, 9.17) is 5.11 Å². The largest absolute Gasteiger partial charge is 0.395 e. The Bertz CT molecular complexity index is 445. The second-order valence-electron chi connectivity index (χ2n) is 5.22. The molecule has 112 valence electrons.